The fraction of sp³-hybridized carbons (Fsp3) is 0.150. The highest BCUT2D eigenvalue weighted by atomic mass is 35.5. The average molecular weight is 384 g/mol. The van der Waals surface area contributed by atoms with Crippen molar-refractivity contribution < 1.29 is 14.3 Å². The van der Waals surface area contributed by atoms with Gasteiger partial charge in [-0.15, -0.1) is 0 Å². The molecule has 3 aromatic rings. The van der Waals surface area contributed by atoms with Crippen LogP contribution in [0.25, 0.3) is 28.1 Å². The van der Waals surface area contributed by atoms with E-state index < -0.39 is 5.97 Å². The summed E-state index contributed by atoms with van der Waals surface area (Å²) in [5.74, 6) is 0.600. The minimum absolute atomic E-state index is 0.451. The Labute approximate surface area is 161 Å². The molecule has 1 heterocycles. The monoisotopic (exact) mass is 383 g/mol. The molecule has 1 N–H and O–H groups in total. The van der Waals surface area contributed by atoms with Gasteiger partial charge in [-0.05, 0) is 35.4 Å². The van der Waals surface area contributed by atoms with E-state index in [9.17, 15) is 4.79 Å². The zero-order chi connectivity index (χ0) is 19.4. The van der Waals surface area contributed by atoms with Gasteiger partial charge in [-0.3, -0.25) is 0 Å². The number of fused-ring (bicyclic) bond motifs is 1. The normalized spacial score (nSPS) is 11.0. The average Bonchev–Trinajstić information content (AvgIpc) is 2.70. The predicted octanol–water partition coefficient (Wildman–Crippen LogP) is 4.19. The number of nitrogens with zero attached hydrogens (tertiary/aromatic N) is 2. The lowest BCUT2D eigenvalue weighted by Gasteiger charge is -2.15. The Morgan fingerprint density at radius 1 is 1.26 bits per heavy atom. The Bertz CT molecular complexity index is 1030. The molecule has 1 aromatic heterocycles. The molecule has 0 saturated heterocycles. The Balaban J connectivity index is 2.36. The lowest BCUT2D eigenvalue weighted by Crippen LogP contribution is -2.00. The van der Waals surface area contributed by atoms with Crippen molar-refractivity contribution in [3.63, 3.8) is 0 Å². The lowest BCUT2D eigenvalue weighted by molar-refractivity contribution is -0.134. The van der Waals surface area contributed by atoms with Crippen molar-refractivity contribution in [2.24, 2.45) is 0 Å². The summed E-state index contributed by atoms with van der Waals surface area (Å²) in [6, 6.07) is 9.28. The van der Waals surface area contributed by atoms with Crippen LogP contribution in [0, 0.1) is 0 Å². The van der Waals surface area contributed by atoms with Crippen LogP contribution in [0.1, 0.15) is 5.56 Å². The number of methoxy groups -OCH3 is 2. The topological polar surface area (TPSA) is 73.3 Å². The molecule has 0 atom stereocenters. The van der Waals surface area contributed by atoms with Crippen LogP contribution < -0.4 is 10.1 Å². The highest BCUT2D eigenvalue weighted by Crippen LogP contribution is 2.38. The standard InChI is InChI=1S/C20H18ClN3O3/c1-22-20-23-11-15-18(12-5-4-6-14(21)9-12)13(7-8-17(25)27-3)10-16(26-2)19(15)24-20/h4-11H,1-3H3,(H,22,23,24)/b8-7+. The van der Waals surface area contributed by atoms with Crippen molar-refractivity contribution in [3.8, 4) is 16.9 Å². The van der Waals surface area contributed by atoms with Gasteiger partial charge in [0.2, 0.25) is 5.95 Å². The zero-order valence-corrected chi connectivity index (χ0v) is 15.9. The van der Waals surface area contributed by atoms with E-state index in [-0.39, 0.29) is 0 Å². The number of carbonyl (C=O) groups excluding carboxylic acids is 1. The molecule has 0 aliphatic carbocycles. The third-order valence-electron chi connectivity index (χ3n) is 4.02. The maximum absolute atomic E-state index is 11.6. The van der Waals surface area contributed by atoms with Gasteiger partial charge in [0.25, 0.3) is 0 Å². The summed E-state index contributed by atoms with van der Waals surface area (Å²) in [5.41, 5.74) is 3.13. The molecular weight excluding hydrogens is 366 g/mol. The summed E-state index contributed by atoms with van der Waals surface area (Å²) in [6.07, 6.45) is 4.76. The number of hydrogen-bond donors (Lipinski definition) is 1. The van der Waals surface area contributed by atoms with Gasteiger partial charge in [0, 0.05) is 35.3 Å². The number of hydrogen-bond acceptors (Lipinski definition) is 6. The number of carbonyl (C=O) groups is 1. The summed E-state index contributed by atoms with van der Waals surface area (Å²) in [7, 11) is 4.65. The molecule has 7 heteroatoms. The Morgan fingerprint density at radius 2 is 2.07 bits per heavy atom. The number of rotatable bonds is 5. The molecular formula is C20H18ClN3O3. The molecule has 0 unspecified atom stereocenters. The first kappa shape index (κ1) is 18.7. The second-order valence-corrected chi connectivity index (χ2v) is 6.05. The van der Waals surface area contributed by atoms with E-state index in [1.165, 1.54) is 13.2 Å². The van der Waals surface area contributed by atoms with Crippen LogP contribution in [0.2, 0.25) is 5.02 Å². The zero-order valence-electron chi connectivity index (χ0n) is 15.1. The van der Waals surface area contributed by atoms with Gasteiger partial charge in [-0.2, -0.15) is 0 Å². The Morgan fingerprint density at radius 3 is 2.74 bits per heavy atom. The molecule has 138 valence electrons. The molecule has 27 heavy (non-hydrogen) atoms. The van der Waals surface area contributed by atoms with E-state index in [0.29, 0.717) is 22.2 Å². The fourth-order valence-electron chi connectivity index (χ4n) is 2.79. The minimum atomic E-state index is -0.451. The lowest BCUT2D eigenvalue weighted by atomic mass is 9.95. The van der Waals surface area contributed by atoms with Crippen LogP contribution in [0.5, 0.6) is 5.75 Å². The molecule has 3 rings (SSSR count). The van der Waals surface area contributed by atoms with Crippen LogP contribution in [-0.2, 0) is 9.53 Å². The molecule has 0 amide bonds. The highest BCUT2D eigenvalue weighted by Gasteiger charge is 2.16. The van der Waals surface area contributed by atoms with E-state index in [1.54, 1.807) is 32.5 Å². The minimum Gasteiger partial charge on any atom is -0.494 e. The summed E-state index contributed by atoms with van der Waals surface area (Å²) < 4.78 is 10.2. The van der Waals surface area contributed by atoms with Crippen molar-refractivity contribution in [3.05, 3.63) is 53.2 Å². The van der Waals surface area contributed by atoms with E-state index in [4.69, 9.17) is 21.1 Å². The second-order valence-electron chi connectivity index (χ2n) is 5.62. The van der Waals surface area contributed by atoms with Gasteiger partial charge < -0.3 is 14.8 Å². The smallest absolute Gasteiger partial charge is 0.330 e. The molecule has 0 bridgehead atoms. The fourth-order valence-corrected chi connectivity index (χ4v) is 2.98. The predicted molar refractivity (Wildman–Crippen MR) is 107 cm³/mol. The number of ether oxygens (including phenoxy) is 2. The molecule has 0 aliphatic rings. The molecule has 0 radical (unpaired) electrons. The first-order valence-corrected chi connectivity index (χ1v) is 8.52. The number of nitrogens with one attached hydrogen (secondary N) is 1. The first-order valence-electron chi connectivity index (χ1n) is 8.14. The quantitative estimate of drug-likeness (QED) is 0.526. The number of esters is 1. The van der Waals surface area contributed by atoms with E-state index >= 15 is 0 Å². The molecule has 0 saturated carbocycles. The van der Waals surface area contributed by atoms with Crippen molar-refractivity contribution >= 4 is 40.5 Å². The van der Waals surface area contributed by atoms with Crippen LogP contribution in [0.15, 0.2) is 42.6 Å². The number of anilines is 1. The van der Waals surface area contributed by atoms with E-state index in [1.807, 2.05) is 24.3 Å². The molecule has 2 aromatic carbocycles. The van der Waals surface area contributed by atoms with Gasteiger partial charge in [0.05, 0.1) is 14.2 Å². The van der Waals surface area contributed by atoms with Crippen LogP contribution in [0.4, 0.5) is 5.95 Å². The number of benzene rings is 2. The van der Waals surface area contributed by atoms with Crippen molar-refractivity contribution in [1.82, 2.24) is 9.97 Å². The van der Waals surface area contributed by atoms with Crippen molar-refractivity contribution in [2.45, 2.75) is 0 Å². The van der Waals surface area contributed by atoms with Gasteiger partial charge in [0.15, 0.2) is 0 Å². The molecule has 0 fully saturated rings. The summed E-state index contributed by atoms with van der Waals surface area (Å²) in [5, 5.41) is 4.31. The van der Waals surface area contributed by atoms with Crippen molar-refractivity contribution in [2.75, 3.05) is 26.6 Å². The maximum atomic E-state index is 11.6. The SMILES string of the molecule is CNc1ncc2c(-c3cccc(Cl)c3)c(/C=C/C(=O)OC)cc(OC)c2n1. The van der Waals surface area contributed by atoms with E-state index in [2.05, 4.69) is 15.3 Å². The highest BCUT2D eigenvalue weighted by molar-refractivity contribution is 6.31. The van der Waals surface area contributed by atoms with Crippen LogP contribution in [0.3, 0.4) is 0 Å². The molecule has 0 spiro atoms. The summed E-state index contributed by atoms with van der Waals surface area (Å²) in [4.78, 5) is 20.5. The summed E-state index contributed by atoms with van der Waals surface area (Å²) >= 11 is 6.20. The Kier molecular flexibility index (Phi) is 5.57. The second kappa shape index (κ2) is 8.05. The van der Waals surface area contributed by atoms with Crippen LogP contribution in [-0.4, -0.2) is 37.2 Å². The third kappa shape index (κ3) is 3.85. The maximum Gasteiger partial charge on any atom is 0.330 e. The van der Waals surface area contributed by atoms with Crippen LogP contribution >= 0.6 is 11.6 Å². The van der Waals surface area contributed by atoms with Gasteiger partial charge in [-0.1, -0.05) is 23.7 Å². The molecule has 0 aliphatic heterocycles. The largest absolute Gasteiger partial charge is 0.494 e. The number of halogens is 1. The van der Waals surface area contributed by atoms with Crippen molar-refractivity contribution in [1.29, 1.82) is 0 Å². The molecule has 6 nitrogen and oxygen atoms in total. The van der Waals surface area contributed by atoms with Gasteiger partial charge in [0.1, 0.15) is 11.3 Å². The van der Waals surface area contributed by atoms with Gasteiger partial charge >= 0.3 is 5.97 Å². The Hall–Kier alpha value is -3.12. The first-order chi connectivity index (χ1) is 13.1. The van der Waals surface area contributed by atoms with Gasteiger partial charge in [-0.25, -0.2) is 14.8 Å². The number of aromatic nitrogens is 2. The summed E-state index contributed by atoms with van der Waals surface area (Å²) in [6.45, 7) is 0. The third-order valence-corrected chi connectivity index (χ3v) is 4.26. The van der Waals surface area contributed by atoms with E-state index in [0.717, 1.165) is 22.1 Å².